The SMILES string of the molecule is CC(C)c1ncc(Oc2ccc(Br)cc2Br)c(CN)n1. The van der Waals surface area contributed by atoms with Crippen molar-refractivity contribution in [1.29, 1.82) is 0 Å². The Morgan fingerprint density at radius 1 is 1.25 bits per heavy atom. The molecule has 0 saturated heterocycles. The largest absolute Gasteiger partial charge is 0.453 e. The fourth-order valence-electron chi connectivity index (χ4n) is 1.61. The first kappa shape index (κ1) is 15.4. The quantitative estimate of drug-likeness (QED) is 0.827. The van der Waals surface area contributed by atoms with Crippen molar-refractivity contribution in [3.05, 3.63) is 44.9 Å². The van der Waals surface area contributed by atoms with Crippen molar-refractivity contribution in [2.75, 3.05) is 0 Å². The predicted octanol–water partition coefficient (Wildman–Crippen LogP) is 4.38. The molecule has 0 aliphatic carbocycles. The molecular weight excluding hydrogens is 386 g/mol. The standard InChI is InChI=1S/C14H15Br2N3O/c1-8(2)14-18-7-13(11(6-17)19-14)20-12-4-3-9(15)5-10(12)16/h3-5,7-8H,6,17H2,1-2H3. The van der Waals surface area contributed by atoms with Crippen LogP contribution in [0.4, 0.5) is 0 Å². The van der Waals surface area contributed by atoms with E-state index in [1.807, 2.05) is 32.0 Å². The summed E-state index contributed by atoms with van der Waals surface area (Å²) >= 11 is 6.87. The number of hydrogen-bond donors (Lipinski definition) is 1. The molecule has 1 heterocycles. The topological polar surface area (TPSA) is 61.0 Å². The van der Waals surface area contributed by atoms with E-state index in [1.54, 1.807) is 6.20 Å². The van der Waals surface area contributed by atoms with Crippen LogP contribution in [-0.4, -0.2) is 9.97 Å². The summed E-state index contributed by atoms with van der Waals surface area (Å²) in [5, 5.41) is 0. The maximum absolute atomic E-state index is 5.85. The van der Waals surface area contributed by atoms with E-state index in [2.05, 4.69) is 41.8 Å². The van der Waals surface area contributed by atoms with Crippen molar-refractivity contribution < 1.29 is 4.74 Å². The minimum atomic E-state index is 0.258. The maximum Gasteiger partial charge on any atom is 0.168 e. The van der Waals surface area contributed by atoms with Gasteiger partial charge < -0.3 is 10.5 Å². The smallest absolute Gasteiger partial charge is 0.168 e. The lowest BCUT2D eigenvalue weighted by molar-refractivity contribution is 0.464. The van der Waals surface area contributed by atoms with Crippen molar-refractivity contribution in [3.8, 4) is 11.5 Å². The Balaban J connectivity index is 2.33. The van der Waals surface area contributed by atoms with Crippen LogP contribution in [0.25, 0.3) is 0 Å². The van der Waals surface area contributed by atoms with E-state index < -0.39 is 0 Å². The monoisotopic (exact) mass is 399 g/mol. The Kier molecular flexibility index (Phi) is 5.12. The molecule has 6 heteroatoms. The molecule has 0 fully saturated rings. The first-order valence-electron chi connectivity index (χ1n) is 6.20. The second-order valence-corrected chi connectivity index (χ2v) is 6.34. The lowest BCUT2D eigenvalue weighted by atomic mass is 10.2. The zero-order valence-corrected chi connectivity index (χ0v) is 14.4. The molecule has 1 aromatic carbocycles. The van der Waals surface area contributed by atoms with E-state index >= 15 is 0 Å². The Labute approximate surface area is 135 Å². The third-order valence-electron chi connectivity index (χ3n) is 2.67. The highest BCUT2D eigenvalue weighted by Crippen LogP contribution is 2.33. The van der Waals surface area contributed by atoms with Gasteiger partial charge in [0.15, 0.2) is 5.75 Å². The highest BCUT2D eigenvalue weighted by Gasteiger charge is 2.12. The summed E-state index contributed by atoms with van der Waals surface area (Å²) in [5.74, 6) is 2.31. The number of halogens is 2. The van der Waals surface area contributed by atoms with Crippen LogP contribution in [-0.2, 0) is 6.54 Å². The van der Waals surface area contributed by atoms with E-state index in [-0.39, 0.29) is 5.92 Å². The number of nitrogens with zero attached hydrogens (tertiary/aromatic N) is 2. The third-order valence-corrected chi connectivity index (χ3v) is 3.78. The van der Waals surface area contributed by atoms with Gasteiger partial charge in [-0.05, 0) is 34.1 Å². The fraction of sp³-hybridized carbons (Fsp3) is 0.286. The van der Waals surface area contributed by atoms with Crippen molar-refractivity contribution in [2.45, 2.75) is 26.3 Å². The van der Waals surface area contributed by atoms with Crippen molar-refractivity contribution in [1.82, 2.24) is 9.97 Å². The molecule has 2 aromatic rings. The third kappa shape index (κ3) is 3.56. The number of hydrogen-bond acceptors (Lipinski definition) is 4. The number of benzene rings is 1. The van der Waals surface area contributed by atoms with Gasteiger partial charge in [0.2, 0.25) is 0 Å². The molecule has 0 spiro atoms. The molecule has 4 nitrogen and oxygen atoms in total. The van der Waals surface area contributed by atoms with Crippen LogP contribution in [0.5, 0.6) is 11.5 Å². The molecule has 2 N–H and O–H groups in total. The summed E-state index contributed by atoms with van der Waals surface area (Å²) in [6.45, 7) is 4.40. The number of ether oxygens (including phenoxy) is 1. The highest BCUT2D eigenvalue weighted by molar-refractivity contribution is 9.11. The first-order chi connectivity index (χ1) is 9.51. The van der Waals surface area contributed by atoms with Crippen LogP contribution in [0.1, 0.15) is 31.3 Å². The number of aromatic nitrogens is 2. The Morgan fingerprint density at radius 3 is 2.60 bits per heavy atom. The van der Waals surface area contributed by atoms with Gasteiger partial charge in [0, 0.05) is 16.9 Å². The fourth-order valence-corrected chi connectivity index (χ4v) is 2.74. The molecule has 0 unspecified atom stereocenters. The van der Waals surface area contributed by atoms with E-state index in [1.165, 1.54) is 0 Å². The molecular formula is C14H15Br2N3O. The van der Waals surface area contributed by atoms with Gasteiger partial charge in [0.05, 0.1) is 10.7 Å². The molecule has 0 atom stereocenters. The van der Waals surface area contributed by atoms with E-state index in [9.17, 15) is 0 Å². The predicted molar refractivity (Wildman–Crippen MR) is 85.9 cm³/mol. The normalized spacial score (nSPS) is 10.9. The first-order valence-corrected chi connectivity index (χ1v) is 7.78. The van der Waals surface area contributed by atoms with Crippen LogP contribution in [0.2, 0.25) is 0 Å². The van der Waals surface area contributed by atoms with Gasteiger partial charge in [-0.15, -0.1) is 0 Å². The Bertz CT molecular complexity index is 617. The van der Waals surface area contributed by atoms with Gasteiger partial charge in [-0.2, -0.15) is 0 Å². The van der Waals surface area contributed by atoms with Gasteiger partial charge in [0.25, 0.3) is 0 Å². The second kappa shape index (κ2) is 6.65. The molecule has 1 aromatic heterocycles. The lowest BCUT2D eigenvalue weighted by Gasteiger charge is -2.12. The minimum absolute atomic E-state index is 0.258. The van der Waals surface area contributed by atoms with Gasteiger partial charge in [-0.1, -0.05) is 29.8 Å². The summed E-state index contributed by atoms with van der Waals surface area (Å²) < 4.78 is 7.67. The molecule has 106 valence electrons. The molecule has 0 amide bonds. The van der Waals surface area contributed by atoms with Crippen LogP contribution in [0.15, 0.2) is 33.3 Å². The van der Waals surface area contributed by atoms with Crippen molar-refractivity contribution in [2.24, 2.45) is 5.73 Å². The van der Waals surface area contributed by atoms with E-state index in [0.717, 1.165) is 14.8 Å². The number of nitrogens with two attached hydrogens (primary N) is 1. The van der Waals surface area contributed by atoms with Crippen LogP contribution in [0.3, 0.4) is 0 Å². The molecule has 2 rings (SSSR count). The molecule has 20 heavy (non-hydrogen) atoms. The average Bonchev–Trinajstić information content (AvgIpc) is 2.42. The summed E-state index contributed by atoms with van der Waals surface area (Å²) in [4.78, 5) is 8.76. The zero-order chi connectivity index (χ0) is 14.7. The average molecular weight is 401 g/mol. The zero-order valence-electron chi connectivity index (χ0n) is 11.2. The van der Waals surface area contributed by atoms with Gasteiger partial charge in [-0.25, -0.2) is 9.97 Å². The van der Waals surface area contributed by atoms with E-state index in [0.29, 0.717) is 23.7 Å². The molecule has 0 aliphatic heterocycles. The highest BCUT2D eigenvalue weighted by atomic mass is 79.9. The lowest BCUT2D eigenvalue weighted by Crippen LogP contribution is -2.07. The summed E-state index contributed by atoms with van der Waals surface area (Å²) in [6.07, 6.45) is 1.68. The maximum atomic E-state index is 5.85. The number of rotatable bonds is 4. The molecule has 0 saturated carbocycles. The molecule has 0 aliphatic rings. The summed E-state index contributed by atoms with van der Waals surface area (Å²) in [7, 11) is 0. The van der Waals surface area contributed by atoms with Crippen LogP contribution < -0.4 is 10.5 Å². The van der Waals surface area contributed by atoms with Crippen molar-refractivity contribution in [3.63, 3.8) is 0 Å². The van der Waals surface area contributed by atoms with Crippen LogP contribution in [0, 0.1) is 0 Å². The van der Waals surface area contributed by atoms with Gasteiger partial charge >= 0.3 is 0 Å². The molecule has 0 bridgehead atoms. The Morgan fingerprint density at radius 2 is 2.00 bits per heavy atom. The molecule has 0 radical (unpaired) electrons. The second-order valence-electron chi connectivity index (χ2n) is 4.57. The van der Waals surface area contributed by atoms with Gasteiger partial charge in [0.1, 0.15) is 17.3 Å². The summed E-state index contributed by atoms with van der Waals surface area (Å²) in [5.41, 5.74) is 6.45. The van der Waals surface area contributed by atoms with E-state index in [4.69, 9.17) is 10.5 Å². The van der Waals surface area contributed by atoms with Gasteiger partial charge in [-0.3, -0.25) is 0 Å². The summed E-state index contributed by atoms with van der Waals surface area (Å²) in [6, 6.07) is 5.69. The minimum Gasteiger partial charge on any atom is -0.453 e. The Hall–Kier alpha value is -0.980. The van der Waals surface area contributed by atoms with Crippen molar-refractivity contribution >= 4 is 31.9 Å². The van der Waals surface area contributed by atoms with Crippen LogP contribution >= 0.6 is 31.9 Å².